The van der Waals surface area contributed by atoms with Crippen LogP contribution in [0.25, 0.3) is 0 Å². The Morgan fingerprint density at radius 3 is 0.522 bits per heavy atom. The van der Waals surface area contributed by atoms with E-state index in [9.17, 15) is 28.8 Å². The smallest absolute Gasteiger partial charge is 0.412 e. The van der Waals surface area contributed by atoms with Crippen molar-refractivity contribution in [3.8, 4) is 0 Å². The second kappa shape index (κ2) is 20.9. The van der Waals surface area contributed by atoms with Crippen LogP contribution in [0.1, 0.15) is 41.5 Å². The Morgan fingerprint density at radius 1 is 0.435 bits per heavy atom. The van der Waals surface area contributed by atoms with E-state index in [0.717, 1.165) is 19.3 Å². The number of Topliss-reactive ketones (excluding diaryl/α,β-unsaturated/α-hetero) is 6. The minimum Gasteiger partial charge on any atom is -0.412 e. The maximum absolute atomic E-state index is 9.98. The zero-order chi connectivity index (χ0) is 17.6. The predicted molar refractivity (Wildman–Crippen MR) is 80.6 cm³/mol. The molecule has 0 saturated heterocycles. The summed E-state index contributed by atoms with van der Waals surface area (Å²) in [5.74, 6) is -1.12. The molecule has 8 heteroatoms. The standard InChI is InChI=1S/3C5H7O2.Nd.H2O/c3*1-4(6)3-5(2)7;;/h3*3H,1-2H3;;1H2/q3*-1;+3;. The third-order valence-electron chi connectivity index (χ3n) is 1.22. The van der Waals surface area contributed by atoms with E-state index in [4.69, 9.17) is 0 Å². The molecule has 0 fully saturated rings. The molecule has 0 bridgehead atoms. The molecule has 0 aliphatic rings. The molecular formula is C15H23NdO7. The zero-order valence-electron chi connectivity index (χ0n) is 14.2. The molecule has 0 heterocycles. The van der Waals surface area contributed by atoms with Crippen LogP contribution < -0.4 is 0 Å². The number of carbonyl (C=O) groups is 6. The van der Waals surface area contributed by atoms with Crippen LogP contribution in [-0.4, -0.2) is 40.2 Å². The van der Waals surface area contributed by atoms with Gasteiger partial charge in [0.05, 0.1) is 0 Å². The fourth-order valence-electron chi connectivity index (χ4n) is 0.859. The first-order chi connectivity index (χ1) is 9.38. The molecule has 1 radical (unpaired) electrons. The summed E-state index contributed by atoms with van der Waals surface area (Å²) < 4.78 is 0. The first kappa shape index (κ1) is 33.5. The summed E-state index contributed by atoms with van der Waals surface area (Å²) in [7, 11) is 0. The average molecular weight is 460 g/mol. The first-order valence-electron chi connectivity index (χ1n) is 5.96. The van der Waals surface area contributed by atoms with Gasteiger partial charge in [0.25, 0.3) is 0 Å². The van der Waals surface area contributed by atoms with Crippen LogP contribution in [0.3, 0.4) is 0 Å². The van der Waals surface area contributed by atoms with Crippen LogP contribution in [-0.2, 0) is 28.8 Å². The van der Waals surface area contributed by atoms with Crippen LogP contribution in [0.2, 0.25) is 0 Å². The van der Waals surface area contributed by atoms with Crippen molar-refractivity contribution < 1.29 is 75.1 Å². The number of carbonyl (C=O) groups excluding carboxylic acids is 6. The van der Waals surface area contributed by atoms with Crippen LogP contribution >= 0.6 is 0 Å². The van der Waals surface area contributed by atoms with Gasteiger partial charge < -0.3 is 34.2 Å². The summed E-state index contributed by atoms with van der Waals surface area (Å²) in [6.07, 6.45) is 3.17. The molecule has 7 nitrogen and oxygen atoms in total. The molecule has 23 heavy (non-hydrogen) atoms. The summed E-state index contributed by atoms with van der Waals surface area (Å²) in [6.45, 7) is 8.09. The van der Waals surface area contributed by atoms with E-state index >= 15 is 0 Å². The van der Waals surface area contributed by atoms with E-state index in [2.05, 4.69) is 0 Å². The quantitative estimate of drug-likeness (QED) is 0.414. The monoisotopic (exact) mass is 457 g/mol. The number of hydrogen-bond donors (Lipinski definition) is 0. The fourth-order valence-corrected chi connectivity index (χ4v) is 0.859. The minimum atomic E-state index is -0.187. The van der Waals surface area contributed by atoms with E-state index in [-0.39, 0.29) is 81.0 Å². The van der Waals surface area contributed by atoms with Crippen LogP contribution in [0.15, 0.2) is 0 Å². The molecule has 129 valence electrons. The Morgan fingerprint density at radius 2 is 0.522 bits per heavy atom. The summed E-state index contributed by atoms with van der Waals surface area (Å²) in [4.78, 5) is 59.9. The van der Waals surface area contributed by atoms with Crippen molar-refractivity contribution in [3.05, 3.63) is 19.3 Å². The van der Waals surface area contributed by atoms with Gasteiger partial charge >= 0.3 is 40.8 Å². The summed E-state index contributed by atoms with van der Waals surface area (Å²) >= 11 is 0. The number of hydrogen-bond acceptors (Lipinski definition) is 6. The summed E-state index contributed by atoms with van der Waals surface area (Å²) in [5, 5.41) is 0. The van der Waals surface area contributed by atoms with Gasteiger partial charge in [0.2, 0.25) is 0 Å². The molecule has 2 N–H and O–H groups in total. The van der Waals surface area contributed by atoms with Gasteiger partial charge in [0.1, 0.15) is 0 Å². The third-order valence-corrected chi connectivity index (χ3v) is 1.22. The largest absolute Gasteiger partial charge is 3.00 e. The van der Waals surface area contributed by atoms with Crippen LogP contribution in [0.5, 0.6) is 0 Å². The molecule has 0 aromatic heterocycles. The van der Waals surface area contributed by atoms with E-state index in [1.54, 1.807) is 0 Å². The SMILES string of the molecule is CC(=O)[CH-]C(C)=O.CC(=O)[CH-]C(C)=O.CC(=O)[CH-]C(C)=O.O.[Nd+3]. The first-order valence-corrected chi connectivity index (χ1v) is 5.96. The van der Waals surface area contributed by atoms with Crippen molar-refractivity contribution in [2.45, 2.75) is 41.5 Å². The van der Waals surface area contributed by atoms with Gasteiger partial charge in [-0.3, -0.25) is 19.3 Å². The molecular weight excluding hydrogens is 436 g/mol. The van der Waals surface area contributed by atoms with E-state index < -0.39 is 0 Å². The van der Waals surface area contributed by atoms with Crippen LogP contribution in [0.4, 0.5) is 0 Å². The Balaban J connectivity index is -0.0000000675. The Hall–Kier alpha value is -1.06. The van der Waals surface area contributed by atoms with E-state index in [1.165, 1.54) is 41.5 Å². The van der Waals surface area contributed by atoms with Gasteiger partial charge in [-0.2, -0.15) is 0 Å². The molecule has 0 saturated carbocycles. The van der Waals surface area contributed by atoms with Crippen molar-refractivity contribution in [2.24, 2.45) is 0 Å². The molecule has 0 aliphatic heterocycles. The molecule has 0 aliphatic carbocycles. The van der Waals surface area contributed by atoms with Gasteiger partial charge in [0.15, 0.2) is 0 Å². The summed E-state index contributed by atoms with van der Waals surface area (Å²) in [6, 6.07) is 0. The molecule has 0 rings (SSSR count). The second-order valence-corrected chi connectivity index (χ2v) is 4.10. The van der Waals surface area contributed by atoms with Crippen molar-refractivity contribution in [1.82, 2.24) is 0 Å². The predicted octanol–water partition coefficient (Wildman–Crippen LogP) is 0.281. The Labute approximate surface area is 169 Å². The summed E-state index contributed by atoms with van der Waals surface area (Å²) in [5.41, 5.74) is 0. The molecule has 0 atom stereocenters. The zero-order valence-corrected chi connectivity index (χ0v) is 17.4. The maximum Gasteiger partial charge on any atom is 3.00 e. The topological polar surface area (TPSA) is 134 Å². The third kappa shape index (κ3) is 62.8. The average Bonchev–Trinajstić information content (AvgIpc) is 2.10. The Bertz CT molecular complexity index is 316. The van der Waals surface area contributed by atoms with Gasteiger partial charge in [0, 0.05) is 34.7 Å². The molecule has 0 aromatic carbocycles. The van der Waals surface area contributed by atoms with Crippen LogP contribution in [0, 0.1) is 60.1 Å². The van der Waals surface area contributed by atoms with Gasteiger partial charge in [-0.25, -0.2) is 0 Å². The van der Waals surface area contributed by atoms with Crippen molar-refractivity contribution in [3.63, 3.8) is 0 Å². The van der Waals surface area contributed by atoms with Gasteiger partial charge in [-0.1, -0.05) is 0 Å². The van der Waals surface area contributed by atoms with E-state index in [1.807, 2.05) is 0 Å². The maximum atomic E-state index is 9.98. The molecule has 0 spiro atoms. The van der Waals surface area contributed by atoms with Gasteiger partial charge in [-0.15, -0.1) is 0 Å². The fraction of sp³-hybridized carbons (Fsp3) is 0.400. The van der Waals surface area contributed by atoms with Crippen molar-refractivity contribution in [2.75, 3.05) is 0 Å². The normalized spacial score (nSPS) is 7.04. The van der Waals surface area contributed by atoms with Crippen molar-refractivity contribution >= 4 is 34.7 Å². The minimum absolute atomic E-state index is 0. The molecule has 0 amide bonds. The Kier molecular flexibility index (Phi) is 30.5. The molecule has 0 unspecified atom stereocenters. The number of ketones is 6. The van der Waals surface area contributed by atoms with E-state index in [0.29, 0.717) is 0 Å². The number of rotatable bonds is 6. The van der Waals surface area contributed by atoms with Crippen molar-refractivity contribution in [1.29, 1.82) is 0 Å². The second-order valence-electron chi connectivity index (χ2n) is 4.10. The van der Waals surface area contributed by atoms with Gasteiger partial charge in [-0.05, 0) is 41.5 Å². The molecule has 0 aromatic rings.